The van der Waals surface area contributed by atoms with E-state index in [2.05, 4.69) is 4.67 Å². The maximum Gasteiger partial charge on any atom is 0.416 e. The van der Waals surface area contributed by atoms with E-state index in [1.807, 2.05) is 0 Å². The number of ether oxygens (including phenoxy) is 1. The second-order valence-electron chi connectivity index (χ2n) is 7.66. The lowest BCUT2D eigenvalue weighted by Crippen LogP contribution is -2.44. The fourth-order valence-electron chi connectivity index (χ4n) is 3.53. The number of aliphatic hydroxyl groups excluding tert-OH is 1. The van der Waals surface area contributed by atoms with Crippen LogP contribution in [0.3, 0.4) is 0 Å². The summed E-state index contributed by atoms with van der Waals surface area (Å²) in [5.41, 5.74) is 4.75. The van der Waals surface area contributed by atoms with Crippen molar-refractivity contribution >= 4 is 20.4 Å². The van der Waals surface area contributed by atoms with Crippen molar-refractivity contribution in [3.8, 4) is 5.75 Å². The Labute approximate surface area is 181 Å². The van der Waals surface area contributed by atoms with E-state index in [1.54, 1.807) is 6.08 Å². The molecule has 4 atom stereocenters. The third-order valence-electron chi connectivity index (χ3n) is 5.32. The molecule has 0 aliphatic heterocycles. The smallest absolute Gasteiger partial charge is 0.416 e. The third-order valence-corrected chi connectivity index (χ3v) is 6.33. The number of allylic oxidation sites excluding steroid dienone is 1. The quantitative estimate of drug-likeness (QED) is 0.177. The topological polar surface area (TPSA) is 84.9 Å². The molecule has 0 bridgehead atoms. The second kappa shape index (κ2) is 11.7. The number of hydrogen-bond donors (Lipinski definition) is 3. The standard InChI is InChI=1S/C20H28ClF3NO4P/c21-18-12-17(28-16-5-1-4-15(11-16)20(22,23)24)7-6-14(18)3-2-8-19(25,13-26)9-10-30-29-27/h1,4-5,11-12,14,17,26-27,30H,2-3,6-10,13,25H2. The molecule has 1 aromatic rings. The van der Waals surface area contributed by atoms with Crippen LogP contribution < -0.4 is 10.5 Å². The molecule has 0 saturated heterocycles. The Hall–Kier alpha value is -0.890. The Bertz CT molecular complexity index is 707. The Balaban J connectivity index is 1.85. The van der Waals surface area contributed by atoms with E-state index < -0.39 is 17.3 Å². The fraction of sp³-hybridized carbons (Fsp3) is 0.600. The monoisotopic (exact) mass is 469 g/mol. The van der Waals surface area contributed by atoms with Gasteiger partial charge in [-0.05, 0) is 68.5 Å². The van der Waals surface area contributed by atoms with Gasteiger partial charge in [0.2, 0.25) is 0 Å². The molecule has 2 rings (SSSR count). The van der Waals surface area contributed by atoms with E-state index in [4.69, 9.17) is 27.3 Å². The van der Waals surface area contributed by atoms with E-state index in [9.17, 15) is 18.3 Å². The van der Waals surface area contributed by atoms with E-state index in [1.165, 1.54) is 12.1 Å². The van der Waals surface area contributed by atoms with Crippen molar-refractivity contribution in [2.24, 2.45) is 11.7 Å². The summed E-state index contributed by atoms with van der Waals surface area (Å²) in [5.74, 6) is 0.302. The van der Waals surface area contributed by atoms with Gasteiger partial charge in [-0.3, -0.25) is 0 Å². The molecule has 0 saturated carbocycles. The predicted octanol–water partition coefficient (Wildman–Crippen LogP) is 5.32. The van der Waals surface area contributed by atoms with Crippen molar-refractivity contribution in [3.63, 3.8) is 0 Å². The van der Waals surface area contributed by atoms with E-state index in [-0.39, 0.29) is 33.2 Å². The number of alkyl halides is 3. The minimum absolute atomic E-state index is 0.0643. The lowest BCUT2D eigenvalue weighted by Gasteiger charge is -2.30. The first kappa shape index (κ1) is 25.4. The van der Waals surface area contributed by atoms with Crippen LogP contribution in [0.15, 0.2) is 35.4 Å². The molecular weight excluding hydrogens is 442 g/mol. The number of nitrogens with two attached hydrogens (primary N) is 1. The van der Waals surface area contributed by atoms with E-state index in [0.29, 0.717) is 30.5 Å². The normalized spacial score (nSPS) is 22.2. The molecule has 0 heterocycles. The van der Waals surface area contributed by atoms with Crippen LogP contribution in [0.1, 0.15) is 44.1 Å². The summed E-state index contributed by atoms with van der Waals surface area (Å²) in [6.07, 6.45) is 1.69. The molecule has 10 heteroatoms. The summed E-state index contributed by atoms with van der Waals surface area (Å²) in [6.45, 7) is -0.149. The molecule has 1 aliphatic rings. The van der Waals surface area contributed by atoms with Gasteiger partial charge in [-0.25, -0.2) is 9.93 Å². The van der Waals surface area contributed by atoms with Gasteiger partial charge in [0.25, 0.3) is 0 Å². The summed E-state index contributed by atoms with van der Waals surface area (Å²) in [5, 5.41) is 18.6. The molecule has 0 spiro atoms. The molecule has 30 heavy (non-hydrogen) atoms. The van der Waals surface area contributed by atoms with Gasteiger partial charge in [-0.2, -0.15) is 13.2 Å². The van der Waals surface area contributed by atoms with Crippen LogP contribution in [0.5, 0.6) is 5.75 Å². The highest BCUT2D eigenvalue weighted by atomic mass is 35.5. The van der Waals surface area contributed by atoms with Gasteiger partial charge in [0.15, 0.2) is 0 Å². The highest BCUT2D eigenvalue weighted by Gasteiger charge is 2.31. The average molecular weight is 470 g/mol. The average Bonchev–Trinajstić information content (AvgIpc) is 2.69. The SMILES string of the molecule is NC(CO)(CCCC1CCC(Oc2cccc(C(F)(F)F)c2)C=C1Cl)CCPOO. The lowest BCUT2D eigenvalue weighted by molar-refractivity contribution is -0.137. The van der Waals surface area contributed by atoms with Crippen LogP contribution in [0, 0.1) is 5.92 Å². The summed E-state index contributed by atoms with van der Waals surface area (Å²) in [4.78, 5) is 0. The van der Waals surface area contributed by atoms with Crippen molar-refractivity contribution in [2.45, 2.75) is 56.3 Å². The second-order valence-corrected chi connectivity index (χ2v) is 9.06. The molecule has 0 aromatic heterocycles. The zero-order valence-corrected chi connectivity index (χ0v) is 18.3. The molecular formula is C20H28ClF3NO4P. The van der Waals surface area contributed by atoms with Crippen LogP contribution >= 0.6 is 20.4 Å². The minimum atomic E-state index is -4.41. The Morgan fingerprint density at radius 1 is 1.23 bits per heavy atom. The van der Waals surface area contributed by atoms with Crippen LogP contribution in [0.4, 0.5) is 13.2 Å². The zero-order chi connectivity index (χ0) is 22.2. The summed E-state index contributed by atoms with van der Waals surface area (Å²) < 4.78 is 48.3. The molecule has 5 nitrogen and oxygen atoms in total. The molecule has 4 unspecified atom stereocenters. The van der Waals surface area contributed by atoms with Crippen molar-refractivity contribution in [3.05, 3.63) is 40.9 Å². The van der Waals surface area contributed by atoms with Crippen molar-refractivity contribution in [1.29, 1.82) is 0 Å². The molecule has 4 N–H and O–H groups in total. The first-order valence-corrected chi connectivity index (χ1v) is 11.3. The highest BCUT2D eigenvalue weighted by molar-refractivity contribution is 7.32. The molecule has 0 fully saturated rings. The molecule has 1 aliphatic carbocycles. The van der Waals surface area contributed by atoms with Crippen molar-refractivity contribution in [1.82, 2.24) is 0 Å². The molecule has 0 amide bonds. The fourth-order valence-corrected chi connectivity index (χ4v) is 4.58. The Morgan fingerprint density at radius 3 is 2.63 bits per heavy atom. The van der Waals surface area contributed by atoms with Crippen molar-refractivity contribution < 1.29 is 32.9 Å². The maximum atomic E-state index is 12.8. The first-order valence-electron chi connectivity index (χ1n) is 9.81. The number of rotatable bonds is 11. The molecule has 1 aromatic carbocycles. The first-order chi connectivity index (χ1) is 14.2. The molecule has 0 radical (unpaired) electrons. The Kier molecular flexibility index (Phi) is 9.85. The number of hydrogen-bond acceptors (Lipinski definition) is 5. The number of benzene rings is 1. The van der Waals surface area contributed by atoms with E-state index in [0.717, 1.165) is 31.4 Å². The van der Waals surface area contributed by atoms with Crippen LogP contribution in [-0.2, 0) is 10.9 Å². The van der Waals surface area contributed by atoms with Gasteiger partial charge in [0.1, 0.15) is 11.9 Å². The van der Waals surface area contributed by atoms with Crippen molar-refractivity contribution in [2.75, 3.05) is 12.8 Å². The summed E-state index contributed by atoms with van der Waals surface area (Å²) in [7, 11) is -0.0643. The minimum Gasteiger partial charge on any atom is -0.486 e. The van der Waals surface area contributed by atoms with Gasteiger partial charge < -0.3 is 15.6 Å². The lowest BCUT2D eigenvalue weighted by atomic mass is 9.85. The maximum absolute atomic E-state index is 12.8. The predicted molar refractivity (Wildman–Crippen MR) is 112 cm³/mol. The van der Waals surface area contributed by atoms with Gasteiger partial charge in [0, 0.05) is 10.6 Å². The van der Waals surface area contributed by atoms with Crippen LogP contribution in [-0.4, -0.2) is 34.8 Å². The summed E-state index contributed by atoms with van der Waals surface area (Å²) in [6, 6.07) is 4.82. The zero-order valence-electron chi connectivity index (χ0n) is 16.5. The summed E-state index contributed by atoms with van der Waals surface area (Å²) >= 11 is 6.41. The third kappa shape index (κ3) is 7.98. The van der Waals surface area contributed by atoms with E-state index >= 15 is 0 Å². The van der Waals surface area contributed by atoms with Crippen LogP contribution in [0.2, 0.25) is 0 Å². The van der Waals surface area contributed by atoms with Gasteiger partial charge in [0.05, 0.1) is 21.0 Å². The largest absolute Gasteiger partial charge is 0.486 e. The Morgan fingerprint density at radius 2 is 2.00 bits per heavy atom. The highest BCUT2D eigenvalue weighted by Crippen LogP contribution is 2.36. The van der Waals surface area contributed by atoms with Gasteiger partial charge in [-0.1, -0.05) is 24.1 Å². The molecule has 170 valence electrons. The van der Waals surface area contributed by atoms with Gasteiger partial charge >= 0.3 is 6.18 Å². The van der Waals surface area contributed by atoms with Crippen LogP contribution in [0.25, 0.3) is 0 Å². The number of aliphatic hydroxyl groups is 1. The van der Waals surface area contributed by atoms with Gasteiger partial charge in [-0.15, -0.1) is 0 Å². The number of halogens is 4.